The topological polar surface area (TPSA) is 624 Å². The van der Waals surface area contributed by atoms with Crippen LogP contribution < -0.4 is 18.9 Å². The van der Waals surface area contributed by atoms with Gasteiger partial charge in [0.25, 0.3) is 0 Å². The number of ether oxygens (including phenoxy) is 9. The molecule has 1 heterocycles. The Bertz CT molecular complexity index is 4300. The number of hydrogen-bond donors (Lipinski definition) is 20. The van der Waals surface area contributed by atoms with E-state index in [1.807, 2.05) is 0 Å². The number of phenols is 20. The molecule has 37 heteroatoms. The summed E-state index contributed by atoms with van der Waals surface area (Å²) in [6, 6.07) is 8.26. The Morgan fingerprint density at radius 1 is 0.245 bits per heavy atom. The minimum Gasteiger partial charge on any atom is -0.504 e. The van der Waals surface area contributed by atoms with E-state index in [4.69, 9.17) is 42.6 Å². The van der Waals surface area contributed by atoms with Crippen molar-refractivity contribution in [3.8, 4) is 138 Å². The second kappa shape index (κ2) is 26.6. The first kappa shape index (κ1) is 67.9. The van der Waals surface area contributed by atoms with Crippen molar-refractivity contribution in [3.05, 3.63) is 142 Å². The molecule has 0 spiro atoms. The monoisotopic (exact) mass is 1370 g/mol. The summed E-state index contributed by atoms with van der Waals surface area (Å²) in [6.07, 6.45) is -10.4. The molecular formula is C61H42O37. The van der Waals surface area contributed by atoms with Crippen LogP contribution in [0.15, 0.2) is 97.1 Å². The molecule has 0 bridgehead atoms. The number of phenolic OH excluding ortho intramolecular Hbond substituents is 20. The number of aromatic hydroxyl groups is 20. The minimum absolute atomic E-state index is 0.414. The van der Waals surface area contributed by atoms with Crippen molar-refractivity contribution >= 4 is 47.8 Å². The Hall–Kier alpha value is -14.5. The van der Waals surface area contributed by atoms with Crippen molar-refractivity contribution in [2.45, 2.75) is 24.6 Å². The summed E-state index contributed by atoms with van der Waals surface area (Å²) in [7, 11) is 0. The quantitative estimate of drug-likeness (QED) is 0.0282. The van der Waals surface area contributed by atoms with Crippen LogP contribution in [0.4, 0.5) is 0 Å². The van der Waals surface area contributed by atoms with Crippen LogP contribution in [0, 0.1) is 0 Å². The molecule has 0 saturated carbocycles. The summed E-state index contributed by atoms with van der Waals surface area (Å²) < 4.78 is 48.5. The molecule has 98 heavy (non-hydrogen) atoms. The predicted octanol–water partition coefficient (Wildman–Crippen LogP) is 3.87. The molecule has 508 valence electrons. The average Bonchev–Trinajstić information content (AvgIpc) is 0.787. The highest BCUT2D eigenvalue weighted by Crippen LogP contribution is 2.45. The molecule has 0 aromatic heterocycles. The minimum atomic E-state index is -2.74. The summed E-state index contributed by atoms with van der Waals surface area (Å²) >= 11 is 0. The highest BCUT2D eigenvalue weighted by Gasteiger charge is 2.50. The van der Waals surface area contributed by atoms with Crippen molar-refractivity contribution in [3.63, 3.8) is 0 Å². The van der Waals surface area contributed by atoms with E-state index in [2.05, 4.69) is 0 Å². The van der Waals surface area contributed by atoms with Gasteiger partial charge in [-0.1, -0.05) is 0 Å². The number of esters is 8. The van der Waals surface area contributed by atoms with Crippen LogP contribution in [0.5, 0.6) is 138 Å². The van der Waals surface area contributed by atoms with Crippen LogP contribution in [0.2, 0.25) is 0 Å². The van der Waals surface area contributed by atoms with Gasteiger partial charge in [0.1, 0.15) is 0 Å². The second-order valence-corrected chi connectivity index (χ2v) is 20.2. The summed E-state index contributed by atoms with van der Waals surface area (Å²) in [5, 5.41) is 205. The molecule has 0 radical (unpaired) electrons. The van der Waals surface area contributed by atoms with Crippen molar-refractivity contribution in [1.82, 2.24) is 0 Å². The number of carbonyl (C=O) groups is 8. The number of hydrogen-bond acceptors (Lipinski definition) is 37. The fourth-order valence-electron chi connectivity index (χ4n) is 8.65. The Balaban J connectivity index is 1.13. The molecule has 1 fully saturated rings. The Morgan fingerprint density at radius 2 is 0.439 bits per heavy atom. The molecular weight excluding hydrogens is 1320 g/mol. The van der Waals surface area contributed by atoms with Gasteiger partial charge in [0.2, 0.25) is 35.4 Å². The molecule has 37 nitrogen and oxygen atoms in total. The maximum atomic E-state index is 14.6. The smallest absolute Gasteiger partial charge is 0.343 e. The van der Waals surface area contributed by atoms with Crippen LogP contribution in [-0.2, 0) is 23.7 Å². The fourth-order valence-corrected chi connectivity index (χ4v) is 8.65. The van der Waals surface area contributed by atoms with Gasteiger partial charge in [-0.05, 0) is 97.1 Å². The van der Waals surface area contributed by atoms with E-state index >= 15 is 0 Å². The zero-order valence-corrected chi connectivity index (χ0v) is 48.1. The van der Waals surface area contributed by atoms with Crippen molar-refractivity contribution in [2.24, 2.45) is 0 Å². The normalized spacial score (nSPS) is 14.8. The molecule has 1 saturated heterocycles. The van der Waals surface area contributed by atoms with Crippen LogP contribution >= 0.6 is 0 Å². The third kappa shape index (κ3) is 14.0. The van der Waals surface area contributed by atoms with Crippen molar-refractivity contribution in [2.75, 3.05) is 6.61 Å². The summed E-state index contributed by atoms with van der Waals surface area (Å²) in [4.78, 5) is 111. The number of rotatable bonds is 16. The largest absolute Gasteiger partial charge is 0.504 e. The summed E-state index contributed by atoms with van der Waals surface area (Å²) in [5.41, 5.74) is -6.85. The van der Waals surface area contributed by atoms with Crippen molar-refractivity contribution < 1.29 is 183 Å². The van der Waals surface area contributed by atoms with E-state index in [9.17, 15) is 140 Å². The standard InChI is InChI=1S/C61H42O37/c62-26-1-18(2-27(63)43(26)74)53(82)91-38-13-22(9-34(70)47(38)78)57(86)95-42-17-90-61(98-60(89)25-12-37(73)50(81)41(16-25)94-56(85)21-7-32(68)46(77)33(69)8-21)52(97-59(88)24-11-36(72)49(80)40(15-24)93-55(84)20-5-30(66)45(76)31(67)6-20)51(42)96-58(87)23-10-35(71)48(79)39(14-23)92-54(83)19-3-28(64)44(75)29(65)4-19/h1-16,42,51-52,61-81H,17H2/t42-,51+,52-,61+/m1/s1. The average molecular weight is 1370 g/mol. The number of carbonyl (C=O) groups excluding carboxylic acids is 8. The van der Waals surface area contributed by atoms with E-state index < -0.39 is 261 Å². The fraction of sp³-hybridized carbons (Fsp3) is 0.0820. The van der Waals surface area contributed by atoms with E-state index in [0.717, 1.165) is 0 Å². The first-order valence-corrected chi connectivity index (χ1v) is 26.7. The first-order chi connectivity index (χ1) is 46.1. The van der Waals surface area contributed by atoms with E-state index in [1.165, 1.54) is 0 Å². The summed E-state index contributed by atoms with van der Waals surface area (Å²) in [5.74, 6) is -41.1. The van der Waals surface area contributed by atoms with Gasteiger partial charge in [0, 0.05) is 0 Å². The maximum absolute atomic E-state index is 14.6. The van der Waals surface area contributed by atoms with Gasteiger partial charge in [0.15, 0.2) is 127 Å². The van der Waals surface area contributed by atoms with Crippen LogP contribution in [-0.4, -0.2) is 181 Å². The zero-order chi connectivity index (χ0) is 71.8. The second-order valence-electron chi connectivity index (χ2n) is 20.2. The lowest BCUT2D eigenvalue weighted by atomic mass is 10.0. The highest BCUT2D eigenvalue weighted by molar-refractivity contribution is 5.99. The van der Waals surface area contributed by atoms with Gasteiger partial charge in [-0.2, -0.15) is 0 Å². The van der Waals surface area contributed by atoms with Gasteiger partial charge >= 0.3 is 47.8 Å². The predicted molar refractivity (Wildman–Crippen MR) is 307 cm³/mol. The molecule has 4 atom stereocenters. The first-order valence-electron chi connectivity index (χ1n) is 26.7. The lowest BCUT2D eigenvalue weighted by molar-refractivity contribution is -0.250. The van der Waals surface area contributed by atoms with E-state index in [-0.39, 0.29) is 0 Å². The van der Waals surface area contributed by atoms with E-state index in [0.29, 0.717) is 97.1 Å². The Labute approximate surface area is 540 Å². The molecule has 0 unspecified atom stereocenters. The van der Waals surface area contributed by atoms with Gasteiger partial charge < -0.3 is 145 Å². The molecule has 1 aliphatic rings. The third-order valence-electron chi connectivity index (χ3n) is 13.5. The van der Waals surface area contributed by atoms with Gasteiger partial charge in [0.05, 0.1) is 51.1 Å². The van der Waals surface area contributed by atoms with Crippen LogP contribution in [0.1, 0.15) is 82.9 Å². The molecule has 0 aliphatic carbocycles. The molecule has 8 aromatic carbocycles. The lowest BCUT2D eigenvalue weighted by Crippen LogP contribution is -2.58. The third-order valence-corrected chi connectivity index (χ3v) is 13.5. The highest BCUT2D eigenvalue weighted by atomic mass is 16.7. The Morgan fingerprint density at radius 3 is 0.684 bits per heavy atom. The van der Waals surface area contributed by atoms with Gasteiger partial charge in [-0.25, -0.2) is 38.4 Å². The van der Waals surface area contributed by atoms with Gasteiger partial charge in [-0.15, -0.1) is 0 Å². The van der Waals surface area contributed by atoms with E-state index in [1.54, 1.807) is 0 Å². The number of benzene rings is 8. The van der Waals surface area contributed by atoms with Crippen LogP contribution in [0.25, 0.3) is 0 Å². The molecule has 1 aliphatic heterocycles. The Kier molecular flexibility index (Phi) is 18.4. The lowest BCUT2D eigenvalue weighted by Gasteiger charge is -2.40. The maximum Gasteiger partial charge on any atom is 0.343 e. The van der Waals surface area contributed by atoms with Gasteiger partial charge in [-0.3, -0.25) is 0 Å². The van der Waals surface area contributed by atoms with Crippen LogP contribution in [0.3, 0.4) is 0 Å². The zero-order valence-electron chi connectivity index (χ0n) is 48.1. The molecule has 8 aromatic rings. The molecule has 0 amide bonds. The SMILES string of the molecule is O=C(Oc1cc(C(=O)O[C@@H]2OC[C@@H](OC(=O)c3cc(O)c(O)c(OC(=O)c4cc(O)c(O)c(O)c4)c3)[C@H](OC(=O)c3cc(O)c(O)c(OC(=O)c4cc(O)c(O)c(O)c4)c3)[C@H]2OC(=O)c2cc(O)c(O)c(OC(=O)c3cc(O)c(O)c(O)c3)c2)cc(O)c1O)c1cc(O)c(O)c(O)c1. The molecule has 20 N–H and O–H groups in total. The molecule has 9 rings (SSSR count). The van der Waals surface area contributed by atoms with Crippen molar-refractivity contribution in [1.29, 1.82) is 0 Å². The summed E-state index contributed by atoms with van der Waals surface area (Å²) in [6.45, 7) is -1.27.